The van der Waals surface area contributed by atoms with Crippen molar-refractivity contribution < 1.29 is 4.79 Å². The molecule has 9 heteroatoms. The number of nitrogen functional groups attached to an aromatic ring is 1. The number of nitrogens with two attached hydrogens (primary N) is 1. The molecule has 1 aromatic carbocycles. The van der Waals surface area contributed by atoms with E-state index in [4.69, 9.17) is 17.3 Å². The van der Waals surface area contributed by atoms with Gasteiger partial charge in [0.1, 0.15) is 28.5 Å². The molecule has 0 spiro atoms. The summed E-state index contributed by atoms with van der Waals surface area (Å²) in [5.74, 6) is 0.282. The quantitative estimate of drug-likeness (QED) is 0.494. The van der Waals surface area contributed by atoms with Crippen molar-refractivity contribution in [1.29, 1.82) is 10.5 Å². The van der Waals surface area contributed by atoms with Crippen LogP contribution in [0.4, 0.5) is 11.5 Å². The second-order valence-electron chi connectivity index (χ2n) is 6.24. The Morgan fingerprint density at radius 2 is 2.07 bits per heavy atom. The normalized spacial score (nSPS) is 10.3. The number of carbonyl (C=O) groups is 1. The fourth-order valence-electron chi connectivity index (χ4n) is 2.70. The number of thioether (sulfide) groups is 1. The largest absolute Gasteiger partial charge is 0.383 e. The minimum Gasteiger partial charge on any atom is -0.383 e. The predicted octanol–water partition coefficient (Wildman–Crippen LogP) is 5.22. The van der Waals surface area contributed by atoms with Crippen molar-refractivity contribution in [1.82, 2.24) is 4.98 Å². The lowest BCUT2D eigenvalue weighted by Gasteiger charge is -2.11. The molecule has 0 bridgehead atoms. The molecule has 0 atom stereocenters. The van der Waals surface area contributed by atoms with E-state index in [2.05, 4.69) is 16.4 Å². The average Bonchev–Trinajstić information content (AvgIpc) is 3.24. The Hall–Kier alpha value is -3.04. The summed E-state index contributed by atoms with van der Waals surface area (Å²) >= 11 is 8.75. The molecular weight excluding hydrogens is 438 g/mol. The molecule has 3 aromatic rings. The molecule has 0 aliphatic carbocycles. The molecule has 30 heavy (non-hydrogen) atoms. The number of benzene rings is 1. The first-order valence-electron chi connectivity index (χ1n) is 8.81. The Morgan fingerprint density at radius 1 is 1.30 bits per heavy atom. The van der Waals surface area contributed by atoms with Gasteiger partial charge in [-0.15, -0.1) is 23.1 Å². The van der Waals surface area contributed by atoms with Gasteiger partial charge in [-0.25, -0.2) is 4.98 Å². The number of aryl methyl sites for hydroxylation is 1. The van der Waals surface area contributed by atoms with Crippen LogP contribution in [0.2, 0.25) is 5.02 Å². The highest BCUT2D eigenvalue weighted by atomic mass is 35.5. The van der Waals surface area contributed by atoms with Crippen molar-refractivity contribution >= 4 is 52.1 Å². The van der Waals surface area contributed by atoms with Gasteiger partial charge in [0.2, 0.25) is 5.91 Å². The Labute approximate surface area is 187 Å². The van der Waals surface area contributed by atoms with Crippen LogP contribution in [-0.2, 0) is 4.79 Å². The molecule has 3 rings (SSSR count). The molecule has 0 fully saturated rings. The number of nitrogens with one attached hydrogen (secondary N) is 1. The van der Waals surface area contributed by atoms with Gasteiger partial charge in [0.15, 0.2) is 0 Å². The van der Waals surface area contributed by atoms with Gasteiger partial charge in [-0.05, 0) is 36.1 Å². The van der Waals surface area contributed by atoms with Crippen molar-refractivity contribution in [3.05, 3.63) is 57.4 Å². The molecule has 2 heterocycles. The molecule has 1 amide bonds. The van der Waals surface area contributed by atoms with Gasteiger partial charge in [0.25, 0.3) is 0 Å². The summed E-state index contributed by atoms with van der Waals surface area (Å²) in [6.45, 7) is 1.89. The summed E-state index contributed by atoms with van der Waals surface area (Å²) in [5, 5.41) is 24.9. The van der Waals surface area contributed by atoms with E-state index in [-0.39, 0.29) is 23.7 Å². The van der Waals surface area contributed by atoms with Gasteiger partial charge in [0.05, 0.1) is 5.56 Å². The number of pyridine rings is 1. The summed E-state index contributed by atoms with van der Waals surface area (Å²) < 4.78 is 0. The first-order chi connectivity index (χ1) is 14.4. The van der Waals surface area contributed by atoms with Gasteiger partial charge in [-0.3, -0.25) is 4.79 Å². The van der Waals surface area contributed by atoms with E-state index in [0.717, 1.165) is 10.4 Å². The van der Waals surface area contributed by atoms with Crippen molar-refractivity contribution in [2.24, 2.45) is 0 Å². The van der Waals surface area contributed by atoms with Crippen LogP contribution in [0, 0.1) is 29.6 Å². The summed E-state index contributed by atoms with van der Waals surface area (Å²) in [6, 6.07) is 13.2. The number of carbonyl (C=O) groups excluding carboxylic acids is 1. The van der Waals surface area contributed by atoms with Gasteiger partial charge in [-0.2, -0.15) is 10.5 Å². The molecule has 0 aliphatic rings. The molecule has 0 saturated heterocycles. The predicted molar refractivity (Wildman–Crippen MR) is 122 cm³/mol. The zero-order valence-corrected chi connectivity index (χ0v) is 18.3. The molecule has 0 unspecified atom stereocenters. The van der Waals surface area contributed by atoms with Crippen molar-refractivity contribution in [2.75, 3.05) is 16.8 Å². The van der Waals surface area contributed by atoms with Crippen molar-refractivity contribution in [3.63, 3.8) is 0 Å². The van der Waals surface area contributed by atoms with Crippen LogP contribution in [0.25, 0.3) is 10.4 Å². The Morgan fingerprint density at radius 3 is 2.70 bits per heavy atom. The van der Waals surface area contributed by atoms with E-state index >= 15 is 0 Å². The molecule has 2 aromatic heterocycles. The van der Waals surface area contributed by atoms with Crippen LogP contribution in [-0.4, -0.2) is 16.6 Å². The van der Waals surface area contributed by atoms with Crippen molar-refractivity contribution in [3.8, 4) is 22.6 Å². The highest BCUT2D eigenvalue weighted by Crippen LogP contribution is 2.37. The second-order valence-corrected chi connectivity index (χ2v) is 8.68. The van der Waals surface area contributed by atoms with E-state index in [1.807, 2.05) is 36.6 Å². The van der Waals surface area contributed by atoms with E-state index in [1.165, 1.54) is 23.1 Å². The van der Waals surface area contributed by atoms with Gasteiger partial charge < -0.3 is 11.1 Å². The Balaban J connectivity index is 1.75. The van der Waals surface area contributed by atoms with Crippen LogP contribution in [0.1, 0.15) is 23.1 Å². The molecule has 0 saturated carbocycles. The molecule has 0 radical (unpaired) electrons. The summed E-state index contributed by atoms with van der Waals surface area (Å²) in [7, 11) is 0. The summed E-state index contributed by atoms with van der Waals surface area (Å²) in [6.07, 6.45) is 0.205. The number of aromatic nitrogens is 1. The van der Waals surface area contributed by atoms with Crippen LogP contribution < -0.4 is 11.1 Å². The third-order valence-corrected chi connectivity index (χ3v) is 6.48. The topological polar surface area (TPSA) is 116 Å². The smallest absolute Gasteiger partial charge is 0.225 e. The third kappa shape index (κ3) is 4.74. The number of nitrogens with zero attached hydrogens (tertiary/aromatic N) is 3. The highest BCUT2D eigenvalue weighted by molar-refractivity contribution is 7.99. The third-order valence-electron chi connectivity index (χ3n) is 4.21. The Kier molecular flexibility index (Phi) is 6.96. The lowest BCUT2D eigenvalue weighted by Crippen LogP contribution is -2.12. The van der Waals surface area contributed by atoms with E-state index in [1.54, 1.807) is 12.1 Å². The van der Waals surface area contributed by atoms with Crippen LogP contribution in [0.15, 0.2) is 40.7 Å². The zero-order valence-electron chi connectivity index (χ0n) is 15.9. The molecule has 6 nitrogen and oxygen atoms in total. The first-order valence-corrected chi connectivity index (χ1v) is 11.0. The fraction of sp³-hybridized carbons (Fsp3) is 0.143. The van der Waals surface area contributed by atoms with Crippen LogP contribution in [0.5, 0.6) is 0 Å². The number of amides is 1. The van der Waals surface area contributed by atoms with Crippen molar-refractivity contribution in [2.45, 2.75) is 18.4 Å². The monoisotopic (exact) mass is 453 g/mol. The number of hydrogen-bond acceptors (Lipinski definition) is 7. The summed E-state index contributed by atoms with van der Waals surface area (Å²) in [5.41, 5.74) is 8.50. The molecule has 0 aliphatic heterocycles. The van der Waals surface area contributed by atoms with Gasteiger partial charge in [0, 0.05) is 33.3 Å². The fourth-order valence-corrected chi connectivity index (χ4v) is 4.60. The number of hydrogen-bond donors (Lipinski definition) is 2. The van der Waals surface area contributed by atoms with Gasteiger partial charge >= 0.3 is 0 Å². The number of anilines is 2. The maximum Gasteiger partial charge on any atom is 0.225 e. The first kappa shape index (κ1) is 21.7. The molecular formula is C21H16ClN5OS2. The lowest BCUT2D eigenvalue weighted by atomic mass is 10.0. The maximum atomic E-state index is 12.3. The maximum absolute atomic E-state index is 12.3. The summed E-state index contributed by atoms with van der Waals surface area (Å²) in [4.78, 5) is 17.3. The number of rotatable bonds is 6. The Bertz CT molecular complexity index is 1180. The SMILES string of the molecule is Cc1ccc(NC(=O)CCSc2nc(N)c(C#N)c(-c3cccs3)c2C#N)cc1Cl. The van der Waals surface area contributed by atoms with E-state index in [9.17, 15) is 15.3 Å². The average molecular weight is 454 g/mol. The number of thiophene rings is 1. The number of nitriles is 2. The lowest BCUT2D eigenvalue weighted by molar-refractivity contribution is -0.115. The minimum atomic E-state index is -0.180. The van der Waals surface area contributed by atoms with Crippen LogP contribution >= 0.6 is 34.7 Å². The standard InChI is InChI=1S/C21H16ClN5OS2/c1-12-4-5-13(9-16(12)22)26-18(28)6-8-30-21-15(11-24)19(17-3-2-7-29-17)14(10-23)20(25)27-21/h2-5,7,9H,6,8H2,1H3,(H2,25,27)(H,26,28). The molecule has 150 valence electrons. The molecule has 3 N–H and O–H groups in total. The highest BCUT2D eigenvalue weighted by Gasteiger charge is 2.21. The second kappa shape index (κ2) is 9.64. The van der Waals surface area contributed by atoms with E-state index in [0.29, 0.717) is 32.6 Å². The number of halogens is 1. The van der Waals surface area contributed by atoms with E-state index < -0.39 is 0 Å². The van der Waals surface area contributed by atoms with Crippen LogP contribution in [0.3, 0.4) is 0 Å². The zero-order chi connectivity index (χ0) is 21.7. The minimum absolute atomic E-state index is 0.0705. The van der Waals surface area contributed by atoms with Gasteiger partial charge in [-0.1, -0.05) is 23.7 Å².